The molecule has 0 aliphatic carbocycles. The van der Waals surface area contributed by atoms with E-state index in [1.54, 1.807) is 18.2 Å². The molecule has 0 atom stereocenters. The van der Waals surface area contributed by atoms with Gasteiger partial charge in [0.25, 0.3) is 0 Å². The number of methoxy groups -OCH3 is 1. The number of hydrogen-bond donors (Lipinski definition) is 0. The van der Waals surface area contributed by atoms with E-state index in [1.807, 2.05) is 6.92 Å². The van der Waals surface area contributed by atoms with Crippen molar-refractivity contribution in [1.29, 1.82) is 0 Å². The molecule has 0 heterocycles. The van der Waals surface area contributed by atoms with Gasteiger partial charge in [-0.05, 0) is 30.7 Å². The van der Waals surface area contributed by atoms with E-state index < -0.39 is 5.97 Å². The highest BCUT2D eigenvalue weighted by atomic mass is 35.5. The average molecular weight is 215 g/mol. The third kappa shape index (κ3) is 3.01. The molecule has 0 amide bonds. The van der Waals surface area contributed by atoms with Crippen molar-refractivity contribution >= 4 is 17.6 Å². The second-order valence-corrected chi connectivity index (χ2v) is 3.23. The van der Waals surface area contributed by atoms with Gasteiger partial charge in [-0.25, -0.2) is 4.79 Å². The van der Waals surface area contributed by atoms with Crippen LogP contribution in [-0.4, -0.2) is 19.7 Å². The summed E-state index contributed by atoms with van der Waals surface area (Å²) >= 11 is 5.81. The predicted molar refractivity (Wildman–Crippen MR) is 53.7 cm³/mol. The molecule has 0 saturated carbocycles. The van der Waals surface area contributed by atoms with Crippen LogP contribution in [-0.2, 0) is 9.53 Å². The summed E-state index contributed by atoms with van der Waals surface area (Å²) in [4.78, 5) is 11.0. The maximum absolute atomic E-state index is 11.0. The summed E-state index contributed by atoms with van der Waals surface area (Å²) in [5.74, 6) is 0.0585. The maximum Gasteiger partial charge on any atom is 0.337 e. The number of rotatable bonds is 3. The van der Waals surface area contributed by atoms with Gasteiger partial charge in [0.2, 0.25) is 0 Å². The van der Waals surface area contributed by atoms with Crippen molar-refractivity contribution in [2.75, 3.05) is 13.7 Å². The van der Waals surface area contributed by atoms with Gasteiger partial charge in [-0.1, -0.05) is 11.6 Å². The zero-order chi connectivity index (χ0) is 10.6. The van der Waals surface area contributed by atoms with Gasteiger partial charge in [-0.15, -0.1) is 0 Å². The van der Waals surface area contributed by atoms with E-state index in [2.05, 4.69) is 4.74 Å². The second kappa shape index (κ2) is 4.98. The average Bonchev–Trinajstić information content (AvgIpc) is 2.12. The summed E-state index contributed by atoms with van der Waals surface area (Å²) in [6.45, 7) is 1.79. The zero-order valence-corrected chi connectivity index (χ0v) is 8.80. The number of hydrogen-bond acceptors (Lipinski definition) is 3. The first-order valence-electron chi connectivity index (χ1n) is 4.09. The monoisotopic (exact) mass is 214 g/mol. The van der Waals surface area contributed by atoms with Crippen LogP contribution in [0.15, 0.2) is 18.2 Å². The minimum Gasteiger partial charge on any atom is -0.425 e. The van der Waals surface area contributed by atoms with Crippen molar-refractivity contribution in [2.45, 2.75) is 6.92 Å². The molecule has 0 aliphatic heterocycles. The van der Waals surface area contributed by atoms with Crippen molar-refractivity contribution in [2.24, 2.45) is 0 Å². The Morgan fingerprint density at radius 2 is 2.21 bits per heavy atom. The predicted octanol–water partition coefficient (Wildman–Crippen LogP) is 2.20. The summed E-state index contributed by atoms with van der Waals surface area (Å²) in [7, 11) is 1.44. The number of esters is 1. The van der Waals surface area contributed by atoms with E-state index in [4.69, 9.17) is 16.3 Å². The lowest BCUT2D eigenvalue weighted by atomic mass is 10.2. The van der Waals surface area contributed by atoms with Gasteiger partial charge in [-0.3, -0.25) is 0 Å². The van der Waals surface area contributed by atoms with E-state index in [0.29, 0.717) is 10.8 Å². The van der Waals surface area contributed by atoms with Crippen LogP contribution < -0.4 is 4.74 Å². The van der Waals surface area contributed by atoms with Crippen LogP contribution in [0.5, 0.6) is 5.75 Å². The van der Waals surface area contributed by atoms with Gasteiger partial charge in [0.1, 0.15) is 12.4 Å². The van der Waals surface area contributed by atoms with E-state index in [0.717, 1.165) is 5.56 Å². The number of aryl methyl sites for hydroxylation is 1. The largest absolute Gasteiger partial charge is 0.425 e. The summed E-state index contributed by atoms with van der Waals surface area (Å²) in [5, 5.41) is 0.650. The fourth-order valence-electron chi connectivity index (χ4n) is 0.959. The smallest absolute Gasteiger partial charge is 0.337 e. The number of carbonyl (C=O) groups is 1. The van der Waals surface area contributed by atoms with Crippen molar-refractivity contribution < 1.29 is 14.3 Å². The Kier molecular flexibility index (Phi) is 3.92. The molecule has 0 fully saturated rings. The van der Waals surface area contributed by atoms with Gasteiger partial charge in [-0.2, -0.15) is 0 Å². The zero-order valence-electron chi connectivity index (χ0n) is 8.04. The molecule has 0 radical (unpaired) electrons. The number of benzene rings is 1. The normalized spacial score (nSPS) is 9.93. The quantitative estimate of drug-likeness (QED) is 0.572. The lowest BCUT2D eigenvalue weighted by Gasteiger charge is -2.04. The lowest BCUT2D eigenvalue weighted by Crippen LogP contribution is -2.14. The highest BCUT2D eigenvalue weighted by molar-refractivity contribution is 6.31. The molecule has 0 saturated heterocycles. The van der Waals surface area contributed by atoms with Gasteiger partial charge in [0, 0.05) is 12.1 Å². The minimum atomic E-state index is -0.422. The van der Waals surface area contributed by atoms with Gasteiger partial charge >= 0.3 is 5.97 Å². The summed E-state index contributed by atoms with van der Waals surface area (Å²) < 4.78 is 9.60. The fourth-order valence-corrected chi connectivity index (χ4v) is 1.08. The minimum absolute atomic E-state index is 0.0539. The first-order valence-corrected chi connectivity index (χ1v) is 4.47. The van der Waals surface area contributed by atoms with Crippen molar-refractivity contribution in [3.8, 4) is 5.75 Å². The Morgan fingerprint density at radius 3 is 2.79 bits per heavy atom. The van der Waals surface area contributed by atoms with Gasteiger partial charge in [0.15, 0.2) is 0 Å². The molecule has 0 aromatic heterocycles. The molecule has 3 nitrogen and oxygen atoms in total. The van der Waals surface area contributed by atoms with Crippen molar-refractivity contribution in [3.63, 3.8) is 0 Å². The van der Waals surface area contributed by atoms with Crippen LogP contribution in [0.4, 0.5) is 0 Å². The molecule has 76 valence electrons. The molecule has 1 aromatic carbocycles. The molecule has 14 heavy (non-hydrogen) atoms. The Balaban J connectivity index is 2.68. The first kappa shape index (κ1) is 11.0. The van der Waals surface area contributed by atoms with E-state index in [9.17, 15) is 4.79 Å². The SMILES string of the molecule is COCC(=O)Oc1ccc(Cl)c(C)c1. The van der Waals surface area contributed by atoms with Crippen LogP contribution in [0.3, 0.4) is 0 Å². The summed E-state index contributed by atoms with van der Waals surface area (Å²) in [6, 6.07) is 5.03. The Hall–Kier alpha value is -1.06. The molecule has 4 heteroatoms. The topological polar surface area (TPSA) is 35.5 Å². The molecule has 0 unspecified atom stereocenters. The standard InChI is InChI=1S/C10H11ClO3/c1-7-5-8(3-4-9(7)11)14-10(12)6-13-2/h3-5H,6H2,1-2H3. The van der Waals surface area contributed by atoms with Crippen LogP contribution >= 0.6 is 11.6 Å². The molecule has 0 aliphatic rings. The third-order valence-corrected chi connectivity index (χ3v) is 2.05. The number of halogens is 1. The Morgan fingerprint density at radius 1 is 1.50 bits per heavy atom. The lowest BCUT2D eigenvalue weighted by molar-refractivity contribution is -0.138. The van der Waals surface area contributed by atoms with Crippen molar-refractivity contribution in [1.82, 2.24) is 0 Å². The highest BCUT2D eigenvalue weighted by Gasteiger charge is 2.04. The summed E-state index contributed by atoms with van der Waals surface area (Å²) in [5.41, 5.74) is 0.870. The Bertz CT molecular complexity index is 336. The first-order chi connectivity index (χ1) is 6.63. The van der Waals surface area contributed by atoms with Crippen LogP contribution in [0.2, 0.25) is 5.02 Å². The Labute approximate surface area is 87.6 Å². The molecule has 0 N–H and O–H groups in total. The summed E-state index contributed by atoms with van der Waals surface area (Å²) in [6.07, 6.45) is 0. The van der Waals surface area contributed by atoms with Gasteiger partial charge < -0.3 is 9.47 Å². The molecular formula is C10H11ClO3. The highest BCUT2D eigenvalue weighted by Crippen LogP contribution is 2.20. The molecule has 1 rings (SSSR count). The second-order valence-electron chi connectivity index (χ2n) is 2.82. The fraction of sp³-hybridized carbons (Fsp3) is 0.300. The number of ether oxygens (including phenoxy) is 2. The van der Waals surface area contributed by atoms with Crippen LogP contribution in [0, 0.1) is 6.92 Å². The van der Waals surface area contributed by atoms with Crippen LogP contribution in [0.1, 0.15) is 5.56 Å². The molecule has 0 spiro atoms. The molecule has 0 bridgehead atoms. The third-order valence-electron chi connectivity index (χ3n) is 1.62. The number of carbonyl (C=O) groups excluding carboxylic acids is 1. The maximum atomic E-state index is 11.0. The van der Waals surface area contributed by atoms with Gasteiger partial charge in [0.05, 0.1) is 0 Å². The van der Waals surface area contributed by atoms with E-state index in [-0.39, 0.29) is 6.61 Å². The van der Waals surface area contributed by atoms with E-state index >= 15 is 0 Å². The van der Waals surface area contributed by atoms with E-state index in [1.165, 1.54) is 7.11 Å². The van der Waals surface area contributed by atoms with Crippen molar-refractivity contribution in [3.05, 3.63) is 28.8 Å². The van der Waals surface area contributed by atoms with Crippen LogP contribution in [0.25, 0.3) is 0 Å². The molecule has 1 aromatic rings. The molecular weight excluding hydrogens is 204 g/mol.